The summed E-state index contributed by atoms with van der Waals surface area (Å²) in [5, 5.41) is 6.88. The molecule has 9 nitrogen and oxygen atoms in total. The maximum atomic E-state index is 12.9. The zero-order valence-corrected chi connectivity index (χ0v) is 19.9. The number of amides is 2. The summed E-state index contributed by atoms with van der Waals surface area (Å²) < 4.78 is 22.4. The number of carbonyl (C=O) groups is 2. The predicted octanol–water partition coefficient (Wildman–Crippen LogP) is 3.24. The maximum Gasteiger partial charge on any atom is 0.252 e. The fourth-order valence-corrected chi connectivity index (χ4v) is 3.74. The number of rotatable bonds is 9. The summed E-state index contributed by atoms with van der Waals surface area (Å²) in [6, 6.07) is 1.70. The topological polar surface area (TPSA) is 103 Å². The first-order valence-electron chi connectivity index (χ1n) is 11.5. The second-order valence-electron chi connectivity index (χ2n) is 9.87. The van der Waals surface area contributed by atoms with Crippen molar-refractivity contribution in [2.75, 3.05) is 32.2 Å². The van der Waals surface area contributed by atoms with Crippen molar-refractivity contribution in [3.05, 3.63) is 11.8 Å². The predicted molar refractivity (Wildman–Crippen MR) is 118 cm³/mol. The van der Waals surface area contributed by atoms with E-state index in [1.165, 1.54) is 4.90 Å². The minimum absolute atomic E-state index is 0.0656. The van der Waals surface area contributed by atoms with Crippen LogP contribution in [0.25, 0.3) is 0 Å². The lowest BCUT2D eigenvalue weighted by Crippen LogP contribution is -2.53. The molecule has 0 radical (unpaired) electrons. The molecular formula is C23H37N3O6. The van der Waals surface area contributed by atoms with E-state index in [-0.39, 0.29) is 36.5 Å². The molecular weight excluding hydrogens is 414 g/mol. The van der Waals surface area contributed by atoms with Crippen molar-refractivity contribution in [2.24, 2.45) is 0 Å². The van der Waals surface area contributed by atoms with Gasteiger partial charge in [0.05, 0.1) is 24.8 Å². The molecule has 0 saturated carbocycles. The minimum Gasteiger partial charge on any atom is -0.378 e. The molecule has 2 aliphatic rings. The van der Waals surface area contributed by atoms with Crippen LogP contribution in [0.3, 0.4) is 0 Å². The van der Waals surface area contributed by atoms with Crippen LogP contribution in [0, 0.1) is 0 Å². The Morgan fingerprint density at radius 1 is 1.16 bits per heavy atom. The Morgan fingerprint density at radius 3 is 2.56 bits per heavy atom. The fourth-order valence-electron chi connectivity index (χ4n) is 3.74. The van der Waals surface area contributed by atoms with Crippen molar-refractivity contribution in [2.45, 2.75) is 89.6 Å². The Labute approximate surface area is 190 Å². The van der Waals surface area contributed by atoms with Gasteiger partial charge in [-0.15, -0.1) is 0 Å². The Kier molecular flexibility index (Phi) is 7.95. The van der Waals surface area contributed by atoms with Crippen LogP contribution < -0.4 is 5.32 Å². The third-order valence-corrected chi connectivity index (χ3v) is 6.40. The lowest BCUT2D eigenvalue weighted by molar-refractivity contribution is -0.170. The van der Waals surface area contributed by atoms with E-state index in [0.717, 1.165) is 38.7 Å². The quantitative estimate of drug-likeness (QED) is 0.615. The fraction of sp³-hybridized carbons (Fsp3) is 0.783. The smallest absolute Gasteiger partial charge is 0.252 e. The van der Waals surface area contributed by atoms with Gasteiger partial charge in [0.15, 0.2) is 6.29 Å². The highest BCUT2D eigenvalue weighted by molar-refractivity contribution is 5.99. The van der Waals surface area contributed by atoms with Gasteiger partial charge in [-0.2, -0.15) is 0 Å². The Hall–Kier alpha value is -1.97. The lowest BCUT2D eigenvalue weighted by Gasteiger charge is -2.34. The van der Waals surface area contributed by atoms with Crippen LogP contribution in [0.15, 0.2) is 10.6 Å². The van der Waals surface area contributed by atoms with Crippen LogP contribution >= 0.6 is 0 Å². The first-order valence-corrected chi connectivity index (χ1v) is 11.5. The van der Waals surface area contributed by atoms with E-state index in [9.17, 15) is 9.59 Å². The molecule has 2 aliphatic heterocycles. The monoisotopic (exact) mass is 451 g/mol. The van der Waals surface area contributed by atoms with Crippen molar-refractivity contribution < 1.29 is 28.3 Å². The highest BCUT2D eigenvalue weighted by atomic mass is 16.7. The molecule has 2 fully saturated rings. The molecule has 2 saturated heterocycles. The number of hydrogen-bond acceptors (Lipinski definition) is 7. The van der Waals surface area contributed by atoms with E-state index in [4.69, 9.17) is 18.7 Å². The van der Waals surface area contributed by atoms with Crippen molar-refractivity contribution >= 4 is 17.7 Å². The van der Waals surface area contributed by atoms with Gasteiger partial charge < -0.3 is 23.6 Å². The van der Waals surface area contributed by atoms with E-state index in [0.29, 0.717) is 18.9 Å². The van der Waals surface area contributed by atoms with Gasteiger partial charge in [0.1, 0.15) is 5.54 Å². The average Bonchev–Trinajstić information content (AvgIpc) is 3.45. The van der Waals surface area contributed by atoms with E-state index in [1.807, 2.05) is 13.8 Å². The summed E-state index contributed by atoms with van der Waals surface area (Å²) in [7, 11) is 1.64. The van der Waals surface area contributed by atoms with Crippen LogP contribution in [0.4, 0.5) is 5.88 Å². The number of aromatic nitrogens is 1. The zero-order valence-electron chi connectivity index (χ0n) is 19.9. The van der Waals surface area contributed by atoms with Gasteiger partial charge in [-0.25, -0.2) is 0 Å². The molecule has 180 valence electrons. The number of ether oxygens (including phenoxy) is 3. The maximum absolute atomic E-state index is 12.9. The van der Waals surface area contributed by atoms with E-state index < -0.39 is 11.0 Å². The molecule has 2 amide bonds. The van der Waals surface area contributed by atoms with Gasteiger partial charge >= 0.3 is 0 Å². The number of hydrogen-bond donors (Lipinski definition) is 1. The molecule has 1 aromatic heterocycles. The molecule has 3 heterocycles. The van der Waals surface area contributed by atoms with E-state index in [1.54, 1.807) is 27.0 Å². The molecule has 1 aromatic rings. The summed E-state index contributed by atoms with van der Waals surface area (Å²) in [4.78, 5) is 27.1. The Balaban J connectivity index is 1.55. The summed E-state index contributed by atoms with van der Waals surface area (Å²) in [6.07, 6.45) is 4.94. The van der Waals surface area contributed by atoms with Crippen LogP contribution in [0.5, 0.6) is 0 Å². The molecule has 3 rings (SSSR count). The highest BCUT2D eigenvalue weighted by Gasteiger charge is 2.37. The van der Waals surface area contributed by atoms with Crippen LogP contribution in [-0.4, -0.2) is 66.7 Å². The minimum atomic E-state index is -1.07. The van der Waals surface area contributed by atoms with Crippen molar-refractivity contribution in [3.63, 3.8) is 0 Å². The van der Waals surface area contributed by atoms with Crippen molar-refractivity contribution in [1.82, 2.24) is 10.1 Å². The van der Waals surface area contributed by atoms with Gasteiger partial charge in [0, 0.05) is 31.7 Å². The largest absolute Gasteiger partial charge is 0.378 e. The first-order chi connectivity index (χ1) is 15.1. The number of nitrogens with zero attached hydrogens (tertiary/aromatic N) is 2. The standard InChI is InChI=1S/C23H37N3O6/c1-22(2,15-31-20-10-6-7-11-30-20)17-14-18(32-25-17)24-21(28)23(3,4)26(5)19(27)13-16-9-8-12-29-16/h14,16,20H,6-13,15H2,1-5H3,(H,24,28). The van der Waals surface area contributed by atoms with Gasteiger partial charge in [-0.05, 0) is 46.0 Å². The Morgan fingerprint density at radius 2 is 1.91 bits per heavy atom. The summed E-state index contributed by atoms with van der Waals surface area (Å²) in [6.45, 7) is 9.25. The van der Waals surface area contributed by atoms with Crippen LogP contribution in [-0.2, 0) is 29.2 Å². The third kappa shape index (κ3) is 6.08. The molecule has 0 aliphatic carbocycles. The molecule has 0 aromatic carbocycles. The molecule has 1 N–H and O–H groups in total. The van der Waals surface area contributed by atoms with Crippen molar-refractivity contribution in [3.8, 4) is 0 Å². The summed E-state index contributed by atoms with van der Waals surface area (Å²) in [5.41, 5.74) is -0.819. The van der Waals surface area contributed by atoms with Gasteiger partial charge in [0.25, 0.3) is 5.91 Å². The molecule has 2 unspecified atom stereocenters. The Bertz CT molecular complexity index is 778. The van der Waals surface area contributed by atoms with Gasteiger partial charge in [0.2, 0.25) is 11.8 Å². The zero-order chi connectivity index (χ0) is 23.4. The van der Waals surface area contributed by atoms with Crippen LogP contribution in [0.1, 0.15) is 71.9 Å². The number of anilines is 1. The highest BCUT2D eigenvalue weighted by Crippen LogP contribution is 2.28. The number of likely N-dealkylation sites (N-methyl/N-ethyl adjacent to an activating group) is 1. The van der Waals surface area contributed by atoms with E-state index >= 15 is 0 Å². The third-order valence-electron chi connectivity index (χ3n) is 6.40. The first kappa shape index (κ1) is 24.7. The van der Waals surface area contributed by atoms with E-state index in [2.05, 4.69) is 10.5 Å². The average molecular weight is 452 g/mol. The lowest BCUT2D eigenvalue weighted by atomic mass is 9.90. The van der Waals surface area contributed by atoms with Crippen molar-refractivity contribution in [1.29, 1.82) is 0 Å². The molecule has 32 heavy (non-hydrogen) atoms. The molecule has 9 heteroatoms. The molecule has 0 spiro atoms. The SMILES string of the molecule is CN(C(=O)CC1CCCO1)C(C)(C)C(=O)Nc1cc(C(C)(C)COC2CCCCO2)no1. The summed E-state index contributed by atoms with van der Waals surface area (Å²) >= 11 is 0. The normalized spacial score (nSPS) is 22.0. The number of nitrogens with one attached hydrogen (secondary N) is 1. The van der Waals surface area contributed by atoms with Gasteiger partial charge in [-0.3, -0.25) is 14.9 Å². The molecule has 2 atom stereocenters. The number of carbonyl (C=O) groups excluding carboxylic acids is 2. The second kappa shape index (κ2) is 10.3. The summed E-state index contributed by atoms with van der Waals surface area (Å²) in [5.74, 6) is -0.244. The second-order valence-corrected chi connectivity index (χ2v) is 9.87. The van der Waals surface area contributed by atoms with Crippen LogP contribution in [0.2, 0.25) is 0 Å². The van der Waals surface area contributed by atoms with Gasteiger partial charge in [-0.1, -0.05) is 19.0 Å². The molecule has 0 bridgehead atoms.